The van der Waals surface area contributed by atoms with Crippen LogP contribution in [-0.4, -0.2) is 46.5 Å². The predicted molar refractivity (Wildman–Crippen MR) is 117 cm³/mol. The molecule has 6 nitrogen and oxygen atoms in total. The Labute approximate surface area is 184 Å². The number of para-hydroxylation sites is 1. The van der Waals surface area contributed by atoms with Crippen LogP contribution in [-0.2, 0) is 20.7 Å². The molecule has 2 bridgehead atoms. The molecule has 2 aromatic carbocycles. The van der Waals surface area contributed by atoms with Gasteiger partial charge in [0.1, 0.15) is 11.4 Å². The topological polar surface area (TPSA) is 74.4 Å². The van der Waals surface area contributed by atoms with Crippen LogP contribution in [0.15, 0.2) is 66.9 Å². The molecule has 162 valence electrons. The Balaban J connectivity index is 1.20. The molecule has 2 saturated heterocycles. The van der Waals surface area contributed by atoms with Crippen molar-refractivity contribution in [2.24, 2.45) is 11.8 Å². The van der Waals surface area contributed by atoms with Crippen molar-refractivity contribution in [1.29, 1.82) is 0 Å². The lowest BCUT2D eigenvalue weighted by Crippen LogP contribution is -2.41. The maximum absolute atomic E-state index is 13.5. The molecular formula is C25H22FN3O3. The quantitative estimate of drug-likeness (QED) is 0.609. The third-order valence-corrected chi connectivity index (χ3v) is 6.90. The first kappa shape index (κ1) is 19.3. The van der Waals surface area contributed by atoms with Gasteiger partial charge in [-0.2, -0.15) is 0 Å². The number of rotatable bonds is 5. The lowest BCUT2D eigenvalue weighted by atomic mass is 9.77. The van der Waals surface area contributed by atoms with E-state index in [9.17, 15) is 14.0 Å². The zero-order valence-electron chi connectivity index (χ0n) is 17.3. The van der Waals surface area contributed by atoms with Gasteiger partial charge in [0.2, 0.25) is 11.8 Å². The van der Waals surface area contributed by atoms with E-state index < -0.39 is 29.4 Å². The summed E-state index contributed by atoms with van der Waals surface area (Å²) in [5.41, 5.74) is 1.84. The Kier molecular flexibility index (Phi) is 4.23. The lowest BCUT2D eigenvalue weighted by Gasteiger charge is -2.23. The van der Waals surface area contributed by atoms with Crippen LogP contribution in [0.3, 0.4) is 0 Å². The minimum Gasteiger partial charge on any atom is -0.361 e. The molecule has 0 saturated carbocycles. The summed E-state index contributed by atoms with van der Waals surface area (Å²) in [7, 11) is 0. The summed E-state index contributed by atoms with van der Waals surface area (Å²) in [6.45, 7) is 0.995. The average molecular weight is 431 g/mol. The average Bonchev–Trinajstić information content (AvgIpc) is 3.52. The number of benzene rings is 2. The highest BCUT2D eigenvalue weighted by Crippen LogP contribution is 2.52. The van der Waals surface area contributed by atoms with Gasteiger partial charge in [0.15, 0.2) is 0 Å². The molecule has 3 unspecified atom stereocenters. The van der Waals surface area contributed by atoms with E-state index >= 15 is 0 Å². The van der Waals surface area contributed by atoms with E-state index in [0.29, 0.717) is 25.2 Å². The first-order valence-electron chi connectivity index (χ1n) is 10.8. The number of hydrogen-bond acceptors (Lipinski definition) is 3. The first-order valence-corrected chi connectivity index (χ1v) is 10.8. The maximum atomic E-state index is 13.5. The molecule has 0 aliphatic carbocycles. The van der Waals surface area contributed by atoms with Gasteiger partial charge >= 0.3 is 0 Å². The monoisotopic (exact) mass is 431 g/mol. The van der Waals surface area contributed by atoms with Gasteiger partial charge in [0.05, 0.1) is 24.5 Å². The molecule has 3 aliphatic rings. The fourth-order valence-electron chi connectivity index (χ4n) is 5.45. The van der Waals surface area contributed by atoms with Crippen molar-refractivity contribution in [1.82, 2.24) is 9.88 Å². The normalized spacial score (nSPS) is 28.0. The number of fused-ring (bicyclic) bond motifs is 2. The number of nitrogens with zero attached hydrogens (tertiary/aromatic N) is 1. The molecule has 4 heterocycles. The molecule has 4 atom stereocenters. The molecule has 3 aliphatic heterocycles. The smallest absolute Gasteiger partial charge is 0.231 e. The van der Waals surface area contributed by atoms with Crippen LogP contribution >= 0.6 is 0 Å². The highest BCUT2D eigenvalue weighted by Gasteiger charge is 2.66. The summed E-state index contributed by atoms with van der Waals surface area (Å²) in [6, 6.07) is 13.8. The Bertz CT molecular complexity index is 1270. The second-order valence-electron chi connectivity index (χ2n) is 8.77. The molecular weight excluding hydrogens is 409 g/mol. The van der Waals surface area contributed by atoms with Crippen LogP contribution in [0.1, 0.15) is 5.56 Å². The highest BCUT2D eigenvalue weighted by molar-refractivity contribution is 5.99. The molecule has 2 fully saturated rings. The summed E-state index contributed by atoms with van der Waals surface area (Å²) in [6.07, 6.45) is 6.09. The van der Waals surface area contributed by atoms with Crippen LogP contribution < -0.4 is 5.32 Å². The molecule has 6 rings (SSSR count). The van der Waals surface area contributed by atoms with E-state index in [0.717, 1.165) is 16.5 Å². The molecule has 1 spiro atoms. The van der Waals surface area contributed by atoms with Gasteiger partial charge in [-0.15, -0.1) is 0 Å². The summed E-state index contributed by atoms with van der Waals surface area (Å²) in [5, 5.41) is 3.92. The van der Waals surface area contributed by atoms with Crippen molar-refractivity contribution in [3.8, 4) is 0 Å². The SMILES string of the molecule is O=C(Nc1cccc(F)c1)C1C2C(=O)N(CCc3c[nH]c4ccccc34)CC23C=C[C@@H]1O3. The third kappa shape index (κ3) is 2.88. The Morgan fingerprint density at radius 1 is 1.25 bits per heavy atom. The lowest BCUT2D eigenvalue weighted by molar-refractivity contribution is -0.135. The minimum atomic E-state index is -0.758. The van der Waals surface area contributed by atoms with Crippen LogP contribution in [0.4, 0.5) is 10.1 Å². The number of H-pyrrole nitrogens is 1. The van der Waals surface area contributed by atoms with Gasteiger partial charge in [-0.05, 0) is 36.2 Å². The van der Waals surface area contributed by atoms with Crippen LogP contribution in [0.25, 0.3) is 10.9 Å². The van der Waals surface area contributed by atoms with Gasteiger partial charge < -0.3 is 19.9 Å². The number of carbonyl (C=O) groups is 2. The van der Waals surface area contributed by atoms with Crippen molar-refractivity contribution < 1.29 is 18.7 Å². The zero-order valence-corrected chi connectivity index (χ0v) is 17.3. The maximum Gasteiger partial charge on any atom is 0.231 e. The number of amides is 2. The van der Waals surface area contributed by atoms with Crippen molar-refractivity contribution in [3.63, 3.8) is 0 Å². The van der Waals surface area contributed by atoms with Crippen LogP contribution in [0.5, 0.6) is 0 Å². The minimum absolute atomic E-state index is 0.0592. The number of halogens is 1. The number of anilines is 1. The number of aromatic nitrogens is 1. The summed E-state index contributed by atoms with van der Waals surface area (Å²) < 4.78 is 19.7. The van der Waals surface area contributed by atoms with Crippen molar-refractivity contribution in [2.45, 2.75) is 18.1 Å². The molecule has 2 N–H and O–H groups in total. The largest absolute Gasteiger partial charge is 0.361 e. The van der Waals surface area contributed by atoms with Gasteiger partial charge in [-0.25, -0.2) is 4.39 Å². The zero-order chi connectivity index (χ0) is 21.9. The molecule has 32 heavy (non-hydrogen) atoms. The van der Waals surface area contributed by atoms with E-state index in [1.54, 1.807) is 11.0 Å². The standard InChI is InChI=1S/C25H22FN3O3/c26-16-4-3-5-17(12-16)28-23(30)21-20-8-10-25(32-20)14-29(24(31)22(21)25)11-9-15-13-27-19-7-2-1-6-18(15)19/h1-8,10,12-13,20-22,27H,9,11,14H2,(H,28,30)/t20-,21?,22?,25?/m0/s1. The fraction of sp³-hybridized carbons (Fsp3) is 0.280. The molecule has 7 heteroatoms. The van der Waals surface area contributed by atoms with Gasteiger partial charge in [0, 0.05) is 29.3 Å². The molecule has 3 aromatic rings. The number of ether oxygens (including phenoxy) is 1. The Hall–Kier alpha value is -3.45. The van der Waals surface area contributed by atoms with Gasteiger partial charge in [-0.3, -0.25) is 9.59 Å². The summed E-state index contributed by atoms with van der Waals surface area (Å²) in [5.74, 6) is -1.99. The van der Waals surface area contributed by atoms with E-state index in [4.69, 9.17) is 4.74 Å². The molecule has 0 radical (unpaired) electrons. The second-order valence-corrected chi connectivity index (χ2v) is 8.77. The number of nitrogens with one attached hydrogen (secondary N) is 2. The number of likely N-dealkylation sites (tertiary alicyclic amines) is 1. The fourth-order valence-corrected chi connectivity index (χ4v) is 5.45. The third-order valence-electron chi connectivity index (χ3n) is 6.90. The number of aromatic amines is 1. The second kappa shape index (κ2) is 7.03. The molecule has 2 amide bonds. The van der Waals surface area contributed by atoms with Crippen molar-refractivity contribution in [2.75, 3.05) is 18.4 Å². The number of carbonyl (C=O) groups excluding carboxylic acids is 2. The van der Waals surface area contributed by atoms with Crippen molar-refractivity contribution >= 4 is 28.4 Å². The summed E-state index contributed by atoms with van der Waals surface area (Å²) >= 11 is 0. The first-order chi connectivity index (χ1) is 15.5. The van der Waals surface area contributed by atoms with E-state index in [1.165, 1.54) is 18.2 Å². The van der Waals surface area contributed by atoms with Crippen LogP contribution in [0.2, 0.25) is 0 Å². The Morgan fingerprint density at radius 3 is 3.00 bits per heavy atom. The Morgan fingerprint density at radius 2 is 2.12 bits per heavy atom. The van der Waals surface area contributed by atoms with E-state index in [-0.39, 0.29) is 11.8 Å². The van der Waals surface area contributed by atoms with E-state index in [2.05, 4.69) is 16.4 Å². The van der Waals surface area contributed by atoms with Crippen molar-refractivity contribution in [3.05, 3.63) is 78.3 Å². The highest BCUT2D eigenvalue weighted by atomic mass is 19.1. The predicted octanol–water partition coefficient (Wildman–Crippen LogP) is 3.27. The van der Waals surface area contributed by atoms with Gasteiger partial charge in [0.25, 0.3) is 0 Å². The molecule has 1 aromatic heterocycles. The van der Waals surface area contributed by atoms with Crippen LogP contribution in [0, 0.1) is 17.7 Å². The van der Waals surface area contributed by atoms with E-state index in [1.807, 2.05) is 36.5 Å². The number of hydrogen-bond donors (Lipinski definition) is 2. The summed E-state index contributed by atoms with van der Waals surface area (Å²) in [4.78, 5) is 31.5. The van der Waals surface area contributed by atoms with Gasteiger partial charge in [-0.1, -0.05) is 36.4 Å².